The van der Waals surface area contributed by atoms with E-state index in [9.17, 15) is 4.79 Å². The van der Waals surface area contributed by atoms with Gasteiger partial charge in [0.15, 0.2) is 0 Å². The number of aryl methyl sites for hydroxylation is 1. The van der Waals surface area contributed by atoms with E-state index in [4.69, 9.17) is 0 Å². The highest BCUT2D eigenvalue weighted by molar-refractivity contribution is 5.67. The molecule has 0 spiro atoms. The predicted molar refractivity (Wildman–Crippen MR) is 112 cm³/mol. The van der Waals surface area contributed by atoms with Gasteiger partial charge < -0.3 is 4.57 Å². The van der Waals surface area contributed by atoms with E-state index in [0.717, 1.165) is 27.9 Å². The normalized spacial score (nSPS) is 10.7. The average molecular weight is 351 g/mol. The minimum absolute atomic E-state index is 0.0101. The van der Waals surface area contributed by atoms with Crippen LogP contribution in [-0.4, -0.2) is 4.57 Å². The fourth-order valence-corrected chi connectivity index (χ4v) is 3.39. The van der Waals surface area contributed by atoms with Gasteiger partial charge in [0.2, 0.25) is 0 Å². The molecular formula is C25H21NO. The Hall–Kier alpha value is -3.39. The second kappa shape index (κ2) is 7.46. The largest absolute Gasteiger partial charge is 0.304 e. The van der Waals surface area contributed by atoms with Gasteiger partial charge in [0.05, 0.1) is 12.2 Å². The Balaban J connectivity index is 1.81. The van der Waals surface area contributed by atoms with Crippen molar-refractivity contribution in [1.29, 1.82) is 0 Å². The highest BCUT2D eigenvalue weighted by Crippen LogP contribution is 2.26. The first-order chi connectivity index (χ1) is 13.2. The van der Waals surface area contributed by atoms with E-state index < -0.39 is 0 Å². The topological polar surface area (TPSA) is 22.0 Å². The molecule has 0 amide bonds. The molecule has 3 aromatic carbocycles. The fourth-order valence-electron chi connectivity index (χ4n) is 3.39. The van der Waals surface area contributed by atoms with Crippen LogP contribution in [0.15, 0.2) is 102 Å². The van der Waals surface area contributed by atoms with Crippen LogP contribution >= 0.6 is 0 Å². The molecule has 0 aliphatic heterocycles. The Morgan fingerprint density at radius 3 is 2.15 bits per heavy atom. The second-order valence-electron chi connectivity index (χ2n) is 6.72. The van der Waals surface area contributed by atoms with Gasteiger partial charge in [-0.25, -0.2) is 0 Å². The molecule has 0 atom stereocenters. The van der Waals surface area contributed by atoms with E-state index in [2.05, 4.69) is 55.5 Å². The van der Waals surface area contributed by atoms with Crippen molar-refractivity contribution >= 4 is 0 Å². The van der Waals surface area contributed by atoms with Gasteiger partial charge in [-0.05, 0) is 35.2 Å². The van der Waals surface area contributed by atoms with Gasteiger partial charge in [-0.15, -0.1) is 0 Å². The van der Waals surface area contributed by atoms with Gasteiger partial charge >= 0.3 is 0 Å². The van der Waals surface area contributed by atoms with Crippen LogP contribution in [0.5, 0.6) is 0 Å². The molecule has 2 heteroatoms. The molecule has 2 nitrogen and oxygen atoms in total. The SMILES string of the molecule is Cc1ccc(-c2cccc(=O)n2Cc2ccccc2-c2ccccc2)cc1. The van der Waals surface area contributed by atoms with Crippen LogP contribution < -0.4 is 5.56 Å². The smallest absolute Gasteiger partial charge is 0.251 e. The fraction of sp³-hybridized carbons (Fsp3) is 0.0800. The molecule has 132 valence electrons. The minimum Gasteiger partial charge on any atom is -0.304 e. The number of benzene rings is 3. The summed E-state index contributed by atoms with van der Waals surface area (Å²) in [6, 6.07) is 32.4. The first-order valence-corrected chi connectivity index (χ1v) is 9.12. The Labute approximate surface area is 159 Å². The number of aromatic nitrogens is 1. The highest BCUT2D eigenvalue weighted by Gasteiger charge is 2.10. The van der Waals surface area contributed by atoms with E-state index in [1.807, 2.05) is 47.0 Å². The average Bonchev–Trinajstić information content (AvgIpc) is 2.71. The number of pyridine rings is 1. The van der Waals surface area contributed by atoms with Crippen LogP contribution in [0, 0.1) is 6.92 Å². The molecule has 0 radical (unpaired) electrons. The summed E-state index contributed by atoms with van der Waals surface area (Å²) in [5.41, 5.74) is 6.65. The molecule has 0 aliphatic rings. The Bertz CT molecular complexity index is 1110. The van der Waals surface area contributed by atoms with Gasteiger partial charge in [0, 0.05) is 6.07 Å². The van der Waals surface area contributed by atoms with E-state index in [1.165, 1.54) is 5.56 Å². The van der Waals surface area contributed by atoms with Gasteiger partial charge in [0.25, 0.3) is 5.56 Å². The molecule has 0 bridgehead atoms. The lowest BCUT2D eigenvalue weighted by molar-refractivity contribution is 0.770. The number of rotatable bonds is 4. The summed E-state index contributed by atoms with van der Waals surface area (Å²) in [7, 11) is 0. The Kier molecular flexibility index (Phi) is 4.71. The molecule has 0 aliphatic carbocycles. The van der Waals surface area contributed by atoms with Crippen LogP contribution in [0.25, 0.3) is 22.4 Å². The lowest BCUT2D eigenvalue weighted by Crippen LogP contribution is -2.21. The summed E-state index contributed by atoms with van der Waals surface area (Å²) >= 11 is 0. The molecular weight excluding hydrogens is 330 g/mol. The lowest BCUT2D eigenvalue weighted by Gasteiger charge is -2.16. The molecule has 0 saturated heterocycles. The quantitative estimate of drug-likeness (QED) is 0.473. The standard InChI is InChI=1S/C25H21NO/c1-19-14-16-21(17-15-19)24-12-7-13-25(27)26(24)18-22-10-5-6-11-23(22)20-8-3-2-4-9-20/h2-17H,18H2,1H3. The third-order valence-corrected chi connectivity index (χ3v) is 4.83. The van der Waals surface area contributed by atoms with Crippen molar-refractivity contribution < 1.29 is 0 Å². The lowest BCUT2D eigenvalue weighted by atomic mass is 9.99. The van der Waals surface area contributed by atoms with Gasteiger partial charge in [-0.1, -0.05) is 90.5 Å². The van der Waals surface area contributed by atoms with Crippen molar-refractivity contribution in [2.45, 2.75) is 13.5 Å². The van der Waals surface area contributed by atoms with Gasteiger partial charge in [-0.2, -0.15) is 0 Å². The van der Waals surface area contributed by atoms with Crippen molar-refractivity contribution in [3.8, 4) is 22.4 Å². The van der Waals surface area contributed by atoms with Crippen LogP contribution in [0.4, 0.5) is 0 Å². The second-order valence-corrected chi connectivity index (χ2v) is 6.72. The van der Waals surface area contributed by atoms with Crippen molar-refractivity contribution in [2.75, 3.05) is 0 Å². The maximum Gasteiger partial charge on any atom is 0.251 e. The van der Waals surface area contributed by atoms with E-state index in [0.29, 0.717) is 6.54 Å². The van der Waals surface area contributed by atoms with Crippen LogP contribution in [0.1, 0.15) is 11.1 Å². The van der Waals surface area contributed by atoms with Crippen LogP contribution in [0.3, 0.4) is 0 Å². The van der Waals surface area contributed by atoms with E-state index >= 15 is 0 Å². The molecule has 0 N–H and O–H groups in total. The summed E-state index contributed by atoms with van der Waals surface area (Å²) in [5, 5.41) is 0. The van der Waals surface area contributed by atoms with Crippen molar-refractivity contribution in [1.82, 2.24) is 4.57 Å². The van der Waals surface area contributed by atoms with Gasteiger partial charge in [0.1, 0.15) is 0 Å². The first kappa shape index (κ1) is 17.0. The number of nitrogens with zero attached hydrogens (tertiary/aromatic N) is 1. The number of hydrogen-bond donors (Lipinski definition) is 0. The molecule has 1 heterocycles. The molecule has 4 aromatic rings. The molecule has 27 heavy (non-hydrogen) atoms. The highest BCUT2D eigenvalue weighted by atomic mass is 16.1. The third kappa shape index (κ3) is 3.61. The zero-order chi connectivity index (χ0) is 18.6. The monoisotopic (exact) mass is 351 g/mol. The molecule has 1 aromatic heterocycles. The molecule has 0 fully saturated rings. The van der Waals surface area contributed by atoms with E-state index in [-0.39, 0.29) is 5.56 Å². The maximum atomic E-state index is 12.7. The van der Waals surface area contributed by atoms with Crippen molar-refractivity contribution in [2.24, 2.45) is 0 Å². The van der Waals surface area contributed by atoms with Gasteiger partial charge in [-0.3, -0.25) is 4.79 Å². The Morgan fingerprint density at radius 2 is 1.37 bits per heavy atom. The summed E-state index contributed by atoms with van der Waals surface area (Å²) in [6.07, 6.45) is 0. The summed E-state index contributed by atoms with van der Waals surface area (Å²) in [6.45, 7) is 2.60. The maximum absolute atomic E-state index is 12.7. The van der Waals surface area contributed by atoms with Crippen molar-refractivity contribution in [3.63, 3.8) is 0 Å². The number of hydrogen-bond acceptors (Lipinski definition) is 1. The molecule has 0 saturated carbocycles. The van der Waals surface area contributed by atoms with Crippen LogP contribution in [0.2, 0.25) is 0 Å². The summed E-state index contributed by atoms with van der Waals surface area (Å²) in [4.78, 5) is 12.7. The Morgan fingerprint density at radius 1 is 0.667 bits per heavy atom. The third-order valence-electron chi connectivity index (χ3n) is 4.83. The molecule has 0 unspecified atom stereocenters. The first-order valence-electron chi connectivity index (χ1n) is 9.12. The summed E-state index contributed by atoms with van der Waals surface area (Å²) in [5.74, 6) is 0. The van der Waals surface area contributed by atoms with E-state index in [1.54, 1.807) is 6.07 Å². The van der Waals surface area contributed by atoms with Crippen LogP contribution in [-0.2, 0) is 6.54 Å². The zero-order valence-electron chi connectivity index (χ0n) is 15.3. The van der Waals surface area contributed by atoms with Crippen molar-refractivity contribution in [3.05, 3.63) is 119 Å². The minimum atomic E-state index is 0.0101. The molecule has 4 rings (SSSR count). The predicted octanol–water partition coefficient (Wildman–Crippen LogP) is 5.54. The summed E-state index contributed by atoms with van der Waals surface area (Å²) < 4.78 is 1.85. The zero-order valence-corrected chi connectivity index (χ0v) is 15.3.